The number of benzene rings is 4. The molecule has 0 aliphatic carbocycles. The van der Waals surface area contributed by atoms with E-state index in [1.165, 1.54) is 0 Å². The molecule has 62 heavy (non-hydrogen) atoms. The van der Waals surface area contributed by atoms with E-state index in [0.29, 0.717) is 83.6 Å². The second-order valence-corrected chi connectivity index (χ2v) is 18.4. The lowest BCUT2D eigenvalue weighted by molar-refractivity contribution is 0.125. The van der Waals surface area contributed by atoms with E-state index in [4.69, 9.17) is 48.9 Å². The summed E-state index contributed by atoms with van der Waals surface area (Å²) in [5.74, 6) is 1.76. The van der Waals surface area contributed by atoms with Crippen LogP contribution in [0, 0.1) is 23.7 Å². The summed E-state index contributed by atoms with van der Waals surface area (Å²) in [6.45, 7) is 16.1. The Hall–Kier alpha value is -5.16. The molecule has 0 unspecified atom stereocenters. The second-order valence-electron chi connectivity index (χ2n) is 16.9. The van der Waals surface area contributed by atoms with Gasteiger partial charge < -0.3 is 40.9 Å². The van der Waals surface area contributed by atoms with Crippen LogP contribution in [-0.2, 0) is 26.2 Å². The Morgan fingerprint density at radius 2 is 0.597 bits per heavy atom. The highest BCUT2D eigenvalue weighted by Crippen LogP contribution is 2.25. The smallest absolute Gasteiger partial charge is 0.170 e. The van der Waals surface area contributed by atoms with E-state index in [1.807, 2.05) is 48.5 Å². The SMILES string of the molecule is CC(C)C1CN2CN(C1)C(=S)NCc1ccc(cc1)N=Nc1ccc(cc1)CNC(=S)N1CC(C(C)C)CN(C1)C(=S)NCc1ccc(cc1)N=Nc1ccc(cc1)CNC2=S. The molecule has 2 saturated heterocycles. The van der Waals surface area contributed by atoms with Gasteiger partial charge in [-0.3, -0.25) is 0 Å². The van der Waals surface area contributed by atoms with E-state index in [0.717, 1.165) is 71.2 Å². The number of azo groups is 2. The Kier molecular flexibility index (Phi) is 15.4. The van der Waals surface area contributed by atoms with Crippen LogP contribution in [0.3, 0.4) is 0 Å². The second kappa shape index (κ2) is 21.3. The zero-order valence-electron chi connectivity index (χ0n) is 35.8. The average molecular weight is 905 g/mol. The predicted octanol–water partition coefficient (Wildman–Crippen LogP) is 9.42. The zero-order chi connectivity index (χ0) is 43.6. The van der Waals surface area contributed by atoms with Gasteiger partial charge in [0.25, 0.3) is 0 Å². The third kappa shape index (κ3) is 12.5. The largest absolute Gasteiger partial charge is 0.358 e. The van der Waals surface area contributed by atoms with E-state index in [2.05, 4.69) is 138 Å². The first kappa shape index (κ1) is 44.9. The van der Waals surface area contributed by atoms with E-state index in [-0.39, 0.29) is 0 Å². The lowest BCUT2D eigenvalue weighted by Crippen LogP contribution is -2.58. The molecule has 9 heterocycles. The van der Waals surface area contributed by atoms with Gasteiger partial charge in [0.2, 0.25) is 0 Å². The van der Waals surface area contributed by atoms with Gasteiger partial charge in [-0.15, -0.1) is 0 Å². The Balaban J connectivity index is 1.05. The first-order chi connectivity index (χ1) is 29.9. The van der Waals surface area contributed by atoms with Crippen LogP contribution in [0.25, 0.3) is 0 Å². The van der Waals surface area contributed by atoms with Crippen molar-refractivity contribution in [1.29, 1.82) is 0 Å². The van der Waals surface area contributed by atoms with E-state index in [1.54, 1.807) is 0 Å². The molecule has 0 amide bonds. The number of hydrogen-bond donors (Lipinski definition) is 4. The van der Waals surface area contributed by atoms with Gasteiger partial charge in [-0.2, -0.15) is 20.5 Å². The molecule has 4 N–H and O–H groups in total. The molecule has 9 aliphatic rings. The van der Waals surface area contributed by atoms with Crippen molar-refractivity contribution in [2.75, 3.05) is 39.5 Å². The summed E-state index contributed by atoms with van der Waals surface area (Å²) < 4.78 is 0. The molecule has 0 spiro atoms. The molecule has 0 saturated carbocycles. The van der Waals surface area contributed by atoms with Crippen molar-refractivity contribution < 1.29 is 0 Å². The fourth-order valence-electron chi connectivity index (χ4n) is 7.43. The van der Waals surface area contributed by atoms with Crippen LogP contribution in [-0.4, -0.2) is 79.6 Å². The van der Waals surface area contributed by atoms with Gasteiger partial charge in [0.15, 0.2) is 20.4 Å². The topological polar surface area (TPSA) is 111 Å². The summed E-state index contributed by atoms with van der Waals surface area (Å²) in [5.41, 5.74) is 7.51. The highest BCUT2D eigenvalue weighted by Gasteiger charge is 2.31. The number of rotatable bonds is 2. The Morgan fingerprint density at radius 3 is 0.790 bits per heavy atom. The summed E-state index contributed by atoms with van der Waals surface area (Å²) in [5, 5.41) is 34.7. The molecule has 9 aliphatic heterocycles. The fraction of sp³-hybridized carbons (Fsp3) is 0.391. The maximum Gasteiger partial charge on any atom is 0.170 e. The van der Waals surface area contributed by atoms with Crippen LogP contribution in [0.2, 0.25) is 0 Å². The Bertz CT molecular complexity index is 1920. The number of hydrogen-bond acceptors (Lipinski definition) is 8. The van der Waals surface area contributed by atoms with E-state index >= 15 is 0 Å². The molecule has 12 bridgehead atoms. The zero-order valence-corrected chi connectivity index (χ0v) is 39.1. The van der Waals surface area contributed by atoms with Crippen LogP contribution in [0.1, 0.15) is 49.9 Å². The number of thiocarbonyl (C=S) groups is 4. The van der Waals surface area contributed by atoms with Gasteiger partial charge in [-0.1, -0.05) is 76.2 Å². The molecule has 16 heteroatoms. The molecule has 0 radical (unpaired) electrons. The summed E-state index contributed by atoms with van der Waals surface area (Å²) >= 11 is 23.7. The normalized spacial score (nSPS) is 19.6. The van der Waals surface area contributed by atoms with Crippen molar-refractivity contribution in [3.63, 3.8) is 0 Å². The third-order valence-corrected chi connectivity index (χ3v) is 13.2. The van der Waals surface area contributed by atoms with Crippen molar-refractivity contribution in [2.45, 2.75) is 53.9 Å². The van der Waals surface area contributed by atoms with Crippen molar-refractivity contribution in [1.82, 2.24) is 40.9 Å². The molecule has 2 fully saturated rings. The molecule has 0 aromatic heterocycles. The van der Waals surface area contributed by atoms with Crippen LogP contribution < -0.4 is 21.3 Å². The molecule has 4 aromatic carbocycles. The standard InChI is InChI=1S/C46H56N12S4/c1-31(2)37-25-55-29-56(26-37)44(60)48-22-34-7-15-40(16-8-34)52-54-42-19-11-36(12-20-42)24-50-46(62)58-28-38(32(3)4)27-57(30-58)45(61)49-23-35-9-17-41(18-10-35)53-51-39-13-5-33(6-14-39)21-47-43(55)59/h5-20,31-32,37-38H,21-30H2,1-4H3,(H,47,59)(H,48,60)(H,49,61)(H,50,62). The van der Waals surface area contributed by atoms with Crippen molar-refractivity contribution >= 4 is 92.1 Å². The quantitative estimate of drug-likeness (QED) is 0.144. The van der Waals surface area contributed by atoms with E-state index < -0.39 is 0 Å². The van der Waals surface area contributed by atoms with Crippen molar-refractivity contribution in [3.8, 4) is 0 Å². The summed E-state index contributed by atoms with van der Waals surface area (Å²) in [4.78, 5) is 8.87. The van der Waals surface area contributed by atoms with Gasteiger partial charge >= 0.3 is 0 Å². The summed E-state index contributed by atoms with van der Waals surface area (Å²) in [6, 6.07) is 32.2. The molecule has 0 atom stereocenters. The van der Waals surface area contributed by atoms with Gasteiger partial charge in [-0.05, 0) is 143 Å². The highest BCUT2D eigenvalue weighted by molar-refractivity contribution is 7.80. The predicted molar refractivity (Wildman–Crippen MR) is 265 cm³/mol. The monoisotopic (exact) mass is 904 g/mol. The first-order valence-electron chi connectivity index (χ1n) is 21.3. The van der Waals surface area contributed by atoms with E-state index in [9.17, 15) is 0 Å². The Labute approximate surface area is 387 Å². The van der Waals surface area contributed by atoms with Crippen LogP contribution in [0.15, 0.2) is 118 Å². The minimum Gasteiger partial charge on any atom is -0.358 e. The lowest BCUT2D eigenvalue weighted by Gasteiger charge is -2.43. The third-order valence-electron chi connectivity index (χ3n) is 11.6. The Morgan fingerprint density at radius 1 is 0.387 bits per heavy atom. The van der Waals surface area contributed by atoms with Gasteiger partial charge in [0.1, 0.15) is 0 Å². The minimum atomic E-state index is 0.406. The van der Waals surface area contributed by atoms with Gasteiger partial charge in [0.05, 0.1) is 36.1 Å². The molecule has 12 nitrogen and oxygen atoms in total. The molecule has 324 valence electrons. The van der Waals surface area contributed by atoms with Crippen LogP contribution in [0.4, 0.5) is 22.7 Å². The molecular formula is C46H56N12S4. The molecule has 4 aromatic rings. The maximum absolute atomic E-state index is 5.94. The number of nitrogens with zero attached hydrogens (tertiary/aromatic N) is 8. The lowest BCUT2D eigenvalue weighted by atomic mass is 9.93. The van der Waals surface area contributed by atoms with Gasteiger partial charge in [0, 0.05) is 52.4 Å². The number of nitrogens with one attached hydrogen (secondary N) is 4. The molecular weight excluding hydrogens is 849 g/mol. The van der Waals surface area contributed by atoms with Gasteiger partial charge in [-0.25, -0.2) is 0 Å². The minimum absolute atomic E-state index is 0.406. The maximum atomic E-state index is 5.94. The van der Waals surface area contributed by atoms with Crippen LogP contribution >= 0.6 is 48.9 Å². The average Bonchev–Trinajstić information content (AvgIpc) is 3.30. The molecule has 13 rings (SSSR count). The fourth-order valence-corrected chi connectivity index (χ4v) is 8.25. The highest BCUT2D eigenvalue weighted by atomic mass is 32.1. The van der Waals surface area contributed by atoms with Crippen molar-refractivity contribution in [3.05, 3.63) is 119 Å². The summed E-state index contributed by atoms with van der Waals surface area (Å²) in [6.07, 6.45) is 0. The summed E-state index contributed by atoms with van der Waals surface area (Å²) in [7, 11) is 0. The first-order valence-corrected chi connectivity index (χ1v) is 22.9. The van der Waals surface area contributed by atoms with Crippen molar-refractivity contribution in [2.24, 2.45) is 44.1 Å². The van der Waals surface area contributed by atoms with Crippen LogP contribution in [0.5, 0.6) is 0 Å².